The molecule has 0 bridgehead atoms. The van der Waals surface area contributed by atoms with Crippen LogP contribution >= 0.6 is 24.8 Å². The zero-order valence-electron chi connectivity index (χ0n) is 14.3. The Morgan fingerprint density at radius 3 is 2.54 bits per heavy atom. The highest BCUT2D eigenvalue weighted by molar-refractivity contribution is 5.85. The van der Waals surface area contributed by atoms with Crippen molar-refractivity contribution in [1.29, 1.82) is 0 Å². The summed E-state index contributed by atoms with van der Waals surface area (Å²) in [6, 6.07) is 8.66. The lowest BCUT2D eigenvalue weighted by Crippen LogP contribution is -2.52. The molecule has 6 heteroatoms. The van der Waals surface area contributed by atoms with Crippen LogP contribution < -0.4 is 10.6 Å². The van der Waals surface area contributed by atoms with Crippen LogP contribution in [0.5, 0.6) is 0 Å². The van der Waals surface area contributed by atoms with E-state index in [2.05, 4.69) is 46.7 Å². The highest BCUT2D eigenvalue weighted by Gasteiger charge is 2.27. The molecule has 1 atom stereocenters. The van der Waals surface area contributed by atoms with Crippen LogP contribution in [0.15, 0.2) is 24.3 Å². The van der Waals surface area contributed by atoms with Crippen LogP contribution in [0.2, 0.25) is 0 Å². The first-order valence-electron chi connectivity index (χ1n) is 8.59. The fourth-order valence-electron chi connectivity index (χ4n) is 3.56. The lowest BCUT2D eigenvalue weighted by Gasteiger charge is -2.33. The molecule has 0 aliphatic carbocycles. The van der Waals surface area contributed by atoms with Crippen molar-refractivity contribution in [1.82, 2.24) is 15.5 Å². The number of amides is 1. The average Bonchev–Trinajstić information content (AvgIpc) is 2.56. The van der Waals surface area contributed by atoms with Gasteiger partial charge >= 0.3 is 0 Å². The van der Waals surface area contributed by atoms with E-state index in [-0.39, 0.29) is 36.8 Å². The van der Waals surface area contributed by atoms with E-state index in [9.17, 15) is 4.79 Å². The molecule has 136 valence electrons. The monoisotopic (exact) mass is 373 g/mol. The first-order valence-corrected chi connectivity index (χ1v) is 8.59. The fourth-order valence-corrected chi connectivity index (χ4v) is 3.56. The van der Waals surface area contributed by atoms with Crippen molar-refractivity contribution in [3.63, 3.8) is 0 Å². The molecule has 1 saturated heterocycles. The predicted octanol–water partition coefficient (Wildman–Crippen LogP) is 2.54. The minimum atomic E-state index is -0.0800. The van der Waals surface area contributed by atoms with Crippen LogP contribution in [-0.4, -0.2) is 42.5 Å². The molecule has 0 spiro atoms. The van der Waals surface area contributed by atoms with Gasteiger partial charge in [0.25, 0.3) is 0 Å². The Morgan fingerprint density at radius 1 is 1.21 bits per heavy atom. The fraction of sp³-hybridized carbons (Fsp3) is 0.611. The number of piperidine rings is 1. The minimum Gasteiger partial charge on any atom is -0.352 e. The highest BCUT2D eigenvalue weighted by Crippen LogP contribution is 2.17. The van der Waals surface area contributed by atoms with Crippen molar-refractivity contribution in [2.45, 2.75) is 51.2 Å². The lowest BCUT2D eigenvalue weighted by atomic mass is 9.95. The number of likely N-dealkylation sites (tertiary alicyclic amines) is 1. The van der Waals surface area contributed by atoms with Gasteiger partial charge in [-0.3, -0.25) is 4.79 Å². The molecule has 2 aliphatic rings. The molecular formula is C18H29Cl2N3O. The number of nitrogens with one attached hydrogen (secondary N) is 2. The molecule has 1 amide bonds. The summed E-state index contributed by atoms with van der Waals surface area (Å²) in [5.74, 6) is 0.170. The quantitative estimate of drug-likeness (QED) is 0.852. The van der Waals surface area contributed by atoms with Gasteiger partial charge in [0.1, 0.15) is 0 Å². The smallest absolute Gasteiger partial charge is 0.237 e. The Morgan fingerprint density at radius 2 is 1.88 bits per heavy atom. The van der Waals surface area contributed by atoms with Crippen LogP contribution in [-0.2, 0) is 17.8 Å². The number of fused-ring (bicyclic) bond motifs is 1. The average molecular weight is 374 g/mol. The van der Waals surface area contributed by atoms with Gasteiger partial charge in [0.15, 0.2) is 0 Å². The Balaban J connectivity index is 0.00000144. The Labute approximate surface area is 157 Å². The van der Waals surface area contributed by atoms with Gasteiger partial charge in [0, 0.05) is 25.7 Å². The summed E-state index contributed by atoms with van der Waals surface area (Å²) >= 11 is 0. The molecule has 1 unspecified atom stereocenters. The van der Waals surface area contributed by atoms with Crippen LogP contribution in [0.25, 0.3) is 0 Å². The van der Waals surface area contributed by atoms with Gasteiger partial charge in [-0.15, -0.1) is 24.8 Å². The molecule has 0 saturated carbocycles. The van der Waals surface area contributed by atoms with Crippen LogP contribution in [0.1, 0.15) is 37.3 Å². The number of nitrogens with zero attached hydrogens (tertiary/aromatic N) is 1. The summed E-state index contributed by atoms with van der Waals surface area (Å²) in [4.78, 5) is 15.0. The van der Waals surface area contributed by atoms with E-state index < -0.39 is 0 Å². The van der Waals surface area contributed by atoms with Crippen LogP contribution in [0.3, 0.4) is 0 Å². The third-order valence-electron chi connectivity index (χ3n) is 4.87. The number of carbonyl (C=O) groups is 1. The summed E-state index contributed by atoms with van der Waals surface area (Å²) in [7, 11) is 0. The summed E-state index contributed by atoms with van der Waals surface area (Å²) in [5, 5.41) is 6.63. The van der Waals surface area contributed by atoms with E-state index in [1.54, 1.807) is 0 Å². The van der Waals surface area contributed by atoms with E-state index in [1.807, 2.05) is 0 Å². The molecule has 24 heavy (non-hydrogen) atoms. The van der Waals surface area contributed by atoms with E-state index in [1.165, 1.54) is 24.1 Å². The summed E-state index contributed by atoms with van der Waals surface area (Å²) < 4.78 is 0. The molecule has 4 nitrogen and oxygen atoms in total. The summed E-state index contributed by atoms with van der Waals surface area (Å²) in [6.07, 6.45) is 4.17. The van der Waals surface area contributed by atoms with Gasteiger partial charge in [0.2, 0.25) is 5.91 Å². The maximum atomic E-state index is 12.5. The number of hydrogen-bond acceptors (Lipinski definition) is 3. The van der Waals surface area contributed by atoms with Crippen LogP contribution in [0, 0.1) is 0 Å². The molecule has 2 heterocycles. The number of benzene rings is 1. The molecule has 1 aromatic carbocycles. The normalized spacial score (nSPS) is 21.1. The summed E-state index contributed by atoms with van der Waals surface area (Å²) in [5.41, 5.74) is 2.62. The second kappa shape index (κ2) is 10.2. The largest absolute Gasteiger partial charge is 0.352 e. The van der Waals surface area contributed by atoms with Crippen molar-refractivity contribution in [3.05, 3.63) is 35.4 Å². The zero-order valence-corrected chi connectivity index (χ0v) is 15.9. The van der Waals surface area contributed by atoms with Gasteiger partial charge in [-0.2, -0.15) is 0 Å². The minimum absolute atomic E-state index is 0. The number of rotatable bonds is 4. The van der Waals surface area contributed by atoms with Crippen molar-refractivity contribution < 1.29 is 4.79 Å². The molecule has 2 aliphatic heterocycles. The van der Waals surface area contributed by atoms with Crippen molar-refractivity contribution in [2.75, 3.05) is 19.6 Å². The number of hydrogen-bond donors (Lipinski definition) is 2. The Bertz CT molecular complexity index is 519. The topological polar surface area (TPSA) is 44.4 Å². The second-order valence-electron chi connectivity index (χ2n) is 6.53. The summed E-state index contributed by atoms with van der Waals surface area (Å²) in [6.45, 7) is 6.42. The number of halogens is 2. The third kappa shape index (κ3) is 5.35. The maximum Gasteiger partial charge on any atom is 0.237 e. The van der Waals surface area contributed by atoms with E-state index >= 15 is 0 Å². The Hall–Kier alpha value is -0.810. The first-order chi connectivity index (χ1) is 10.8. The zero-order chi connectivity index (χ0) is 15.4. The second-order valence-corrected chi connectivity index (χ2v) is 6.53. The van der Waals surface area contributed by atoms with E-state index in [0.717, 1.165) is 38.9 Å². The van der Waals surface area contributed by atoms with Gasteiger partial charge in [-0.05, 0) is 43.4 Å². The molecule has 2 N–H and O–H groups in total. The highest BCUT2D eigenvalue weighted by atomic mass is 35.5. The van der Waals surface area contributed by atoms with Crippen molar-refractivity contribution in [3.8, 4) is 0 Å². The SMILES string of the molecule is CCCN1CCC(NC(=O)C2Cc3ccccc3CN2)CC1.Cl.Cl. The Kier molecular flexibility index (Phi) is 9.06. The van der Waals surface area contributed by atoms with E-state index in [0.29, 0.717) is 6.04 Å². The first kappa shape index (κ1) is 21.2. The molecule has 1 aromatic rings. The molecular weight excluding hydrogens is 345 g/mol. The van der Waals surface area contributed by atoms with Gasteiger partial charge in [-0.1, -0.05) is 31.2 Å². The standard InChI is InChI=1S/C18H27N3O.2ClH/c1-2-9-21-10-7-16(8-11-21)20-18(22)17-12-14-5-3-4-6-15(14)13-19-17;;/h3-6,16-17,19H,2,7-13H2,1H3,(H,20,22);2*1H. The van der Waals surface area contributed by atoms with Crippen molar-refractivity contribution >= 4 is 30.7 Å². The predicted molar refractivity (Wildman–Crippen MR) is 103 cm³/mol. The van der Waals surface area contributed by atoms with Gasteiger partial charge in [0.05, 0.1) is 6.04 Å². The van der Waals surface area contributed by atoms with Gasteiger partial charge in [-0.25, -0.2) is 0 Å². The molecule has 0 radical (unpaired) electrons. The third-order valence-corrected chi connectivity index (χ3v) is 4.87. The molecule has 1 fully saturated rings. The number of carbonyl (C=O) groups excluding carboxylic acids is 1. The maximum absolute atomic E-state index is 12.5. The van der Waals surface area contributed by atoms with Gasteiger partial charge < -0.3 is 15.5 Å². The molecule has 0 aromatic heterocycles. The lowest BCUT2D eigenvalue weighted by molar-refractivity contribution is -0.124. The van der Waals surface area contributed by atoms with E-state index in [4.69, 9.17) is 0 Å². The molecule has 3 rings (SSSR count). The van der Waals surface area contributed by atoms with Crippen molar-refractivity contribution in [2.24, 2.45) is 0 Å². The van der Waals surface area contributed by atoms with Crippen LogP contribution in [0.4, 0.5) is 0 Å².